The molecule has 0 aromatic rings. The minimum absolute atomic E-state index is 0.550. The summed E-state index contributed by atoms with van der Waals surface area (Å²) in [7, 11) is 0. The Morgan fingerprint density at radius 2 is 1.95 bits per heavy atom. The Labute approximate surface area is 124 Å². The van der Waals surface area contributed by atoms with Crippen LogP contribution in [0.15, 0.2) is 0 Å². The lowest BCUT2D eigenvalue weighted by atomic mass is 9.69. The third kappa shape index (κ3) is 3.37. The fourth-order valence-corrected chi connectivity index (χ4v) is 4.85. The Morgan fingerprint density at radius 1 is 1.20 bits per heavy atom. The maximum Gasteiger partial charge on any atom is 0.0620 e. The van der Waals surface area contributed by atoms with Crippen LogP contribution in [0.1, 0.15) is 64.7 Å². The molecule has 0 aromatic carbocycles. The molecule has 0 bridgehead atoms. The van der Waals surface area contributed by atoms with Gasteiger partial charge in [0.05, 0.1) is 13.2 Å². The molecule has 116 valence electrons. The molecule has 1 spiro atoms. The van der Waals surface area contributed by atoms with E-state index in [1.165, 1.54) is 57.8 Å². The largest absolute Gasteiger partial charge is 0.379 e. The van der Waals surface area contributed by atoms with Crippen molar-refractivity contribution in [2.75, 3.05) is 19.8 Å². The molecule has 2 aliphatic carbocycles. The third-order valence-electron chi connectivity index (χ3n) is 5.88. The van der Waals surface area contributed by atoms with Gasteiger partial charge in [-0.05, 0) is 44.4 Å². The van der Waals surface area contributed by atoms with Gasteiger partial charge < -0.3 is 15.4 Å². The first kappa shape index (κ1) is 14.8. The second-order valence-electron chi connectivity index (χ2n) is 7.40. The summed E-state index contributed by atoms with van der Waals surface area (Å²) in [6, 6.07) is 1.93. The first-order chi connectivity index (χ1) is 9.78. The van der Waals surface area contributed by atoms with Crippen LogP contribution in [0.3, 0.4) is 0 Å². The van der Waals surface area contributed by atoms with Gasteiger partial charge in [-0.2, -0.15) is 0 Å². The molecule has 0 aromatic heterocycles. The topological polar surface area (TPSA) is 33.3 Å². The molecule has 3 rings (SSSR count). The van der Waals surface area contributed by atoms with Gasteiger partial charge in [-0.3, -0.25) is 0 Å². The average molecular weight is 280 g/mol. The Kier molecular flexibility index (Phi) is 5.00. The summed E-state index contributed by atoms with van der Waals surface area (Å²) in [5, 5.41) is 7.59. The molecule has 20 heavy (non-hydrogen) atoms. The molecular formula is C17H32N2O. The minimum atomic E-state index is 0.550. The molecule has 2 N–H and O–H groups in total. The minimum Gasteiger partial charge on any atom is -0.379 e. The van der Waals surface area contributed by atoms with Gasteiger partial charge in [0.2, 0.25) is 0 Å². The van der Waals surface area contributed by atoms with E-state index in [4.69, 9.17) is 4.74 Å². The van der Waals surface area contributed by atoms with Crippen LogP contribution in [-0.4, -0.2) is 37.9 Å². The molecule has 3 nitrogen and oxygen atoms in total. The normalized spacial score (nSPS) is 35.2. The van der Waals surface area contributed by atoms with E-state index < -0.39 is 0 Å². The Hall–Kier alpha value is -0.120. The highest BCUT2D eigenvalue weighted by Gasteiger charge is 2.42. The van der Waals surface area contributed by atoms with E-state index in [0.29, 0.717) is 17.5 Å². The molecule has 3 heteroatoms. The second-order valence-corrected chi connectivity index (χ2v) is 7.40. The van der Waals surface area contributed by atoms with E-state index in [0.717, 1.165) is 25.8 Å². The van der Waals surface area contributed by atoms with Crippen molar-refractivity contribution in [3.8, 4) is 0 Å². The van der Waals surface area contributed by atoms with E-state index >= 15 is 0 Å². The van der Waals surface area contributed by atoms with Gasteiger partial charge in [0.15, 0.2) is 0 Å². The maximum absolute atomic E-state index is 5.58. The zero-order valence-electron chi connectivity index (χ0n) is 13.1. The van der Waals surface area contributed by atoms with Crippen LogP contribution < -0.4 is 10.6 Å². The summed E-state index contributed by atoms with van der Waals surface area (Å²) in [6.07, 6.45) is 12.8. The summed E-state index contributed by atoms with van der Waals surface area (Å²) in [4.78, 5) is 0. The highest BCUT2D eigenvalue weighted by atomic mass is 16.5. The van der Waals surface area contributed by atoms with Crippen molar-refractivity contribution in [3.63, 3.8) is 0 Å². The first-order valence-corrected chi connectivity index (χ1v) is 8.86. The van der Waals surface area contributed by atoms with Crippen LogP contribution in [0, 0.1) is 5.41 Å². The van der Waals surface area contributed by atoms with E-state index in [1.54, 1.807) is 0 Å². The molecule has 1 heterocycles. The second kappa shape index (κ2) is 6.76. The molecule has 3 fully saturated rings. The molecule has 3 atom stereocenters. The van der Waals surface area contributed by atoms with Crippen molar-refractivity contribution < 1.29 is 4.74 Å². The fourth-order valence-electron chi connectivity index (χ4n) is 4.85. The van der Waals surface area contributed by atoms with Crippen LogP contribution in [0.5, 0.6) is 0 Å². The number of morpholine rings is 1. The van der Waals surface area contributed by atoms with Gasteiger partial charge in [-0.25, -0.2) is 0 Å². The molecular weight excluding hydrogens is 248 g/mol. The standard InChI is InChI=1S/C17H32N2O/c1-14(12-15-13-20-11-10-18-15)19-16-6-2-3-7-17(16)8-4-5-9-17/h14-16,18-19H,2-13H2,1H3. The van der Waals surface area contributed by atoms with Gasteiger partial charge in [0.1, 0.15) is 0 Å². The summed E-state index contributed by atoms with van der Waals surface area (Å²) in [5.74, 6) is 0. The monoisotopic (exact) mass is 280 g/mol. The van der Waals surface area contributed by atoms with Gasteiger partial charge in [0.25, 0.3) is 0 Å². The van der Waals surface area contributed by atoms with E-state index in [9.17, 15) is 0 Å². The van der Waals surface area contributed by atoms with Crippen LogP contribution in [0.2, 0.25) is 0 Å². The predicted octanol–water partition coefficient (Wildman–Crippen LogP) is 2.85. The third-order valence-corrected chi connectivity index (χ3v) is 5.88. The van der Waals surface area contributed by atoms with Gasteiger partial charge in [0, 0.05) is 24.7 Å². The number of nitrogens with one attached hydrogen (secondary N) is 2. The van der Waals surface area contributed by atoms with Crippen molar-refractivity contribution in [1.29, 1.82) is 0 Å². The maximum atomic E-state index is 5.58. The summed E-state index contributed by atoms with van der Waals surface area (Å²) in [5.41, 5.74) is 0.656. The van der Waals surface area contributed by atoms with E-state index in [1.807, 2.05) is 0 Å². The van der Waals surface area contributed by atoms with Crippen LogP contribution in [0.4, 0.5) is 0 Å². The van der Waals surface area contributed by atoms with Gasteiger partial charge >= 0.3 is 0 Å². The SMILES string of the molecule is CC(CC1COCCN1)NC1CCCCC12CCCC2. The molecule has 3 aliphatic rings. The van der Waals surface area contributed by atoms with Crippen molar-refractivity contribution in [2.24, 2.45) is 5.41 Å². The first-order valence-electron chi connectivity index (χ1n) is 8.86. The smallest absolute Gasteiger partial charge is 0.0620 e. The lowest BCUT2D eigenvalue weighted by Gasteiger charge is -2.44. The lowest BCUT2D eigenvalue weighted by Crippen LogP contribution is -2.52. The molecule has 0 radical (unpaired) electrons. The highest BCUT2D eigenvalue weighted by Crippen LogP contribution is 2.49. The number of hydrogen-bond donors (Lipinski definition) is 2. The number of ether oxygens (including phenoxy) is 1. The highest BCUT2D eigenvalue weighted by molar-refractivity contribution is 4.98. The molecule has 0 amide bonds. The molecule has 1 aliphatic heterocycles. The lowest BCUT2D eigenvalue weighted by molar-refractivity contribution is 0.0664. The zero-order chi connectivity index (χ0) is 13.8. The van der Waals surface area contributed by atoms with Crippen molar-refractivity contribution >= 4 is 0 Å². The van der Waals surface area contributed by atoms with Crippen molar-refractivity contribution in [1.82, 2.24) is 10.6 Å². The molecule has 3 unspecified atom stereocenters. The zero-order valence-corrected chi connectivity index (χ0v) is 13.1. The predicted molar refractivity (Wildman–Crippen MR) is 83.0 cm³/mol. The summed E-state index contributed by atoms with van der Waals surface area (Å²) in [6.45, 7) is 5.16. The Balaban J connectivity index is 1.52. The van der Waals surface area contributed by atoms with Gasteiger partial charge in [-0.1, -0.05) is 25.7 Å². The number of hydrogen-bond acceptors (Lipinski definition) is 3. The molecule has 2 saturated carbocycles. The van der Waals surface area contributed by atoms with E-state index in [-0.39, 0.29) is 0 Å². The van der Waals surface area contributed by atoms with Crippen LogP contribution >= 0.6 is 0 Å². The fraction of sp³-hybridized carbons (Fsp3) is 1.00. The van der Waals surface area contributed by atoms with E-state index in [2.05, 4.69) is 17.6 Å². The van der Waals surface area contributed by atoms with Gasteiger partial charge in [-0.15, -0.1) is 0 Å². The van der Waals surface area contributed by atoms with Crippen LogP contribution in [0.25, 0.3) is 0 Å². The Morgan fingerprint density at radius 3 is 2.65 bits per heavy atom. The van der Waals surface area contributed by atoms with Crippen LogP contribution in [-0.2, 0) is 4.74 Å². The summed E-state index contributed by atoms with van der Waals surface area (Å²) < 4.78 is 5.58. The quantitative estimate of drug-likeness (QED) is 0.831. The average Bonchev–Trinajstić information content (AvgIpc) is 2.92. The van der Waals surface area contributed by atoms with Crippen molar-refractivity contribution in [2.45, 2.75) is 82.8 Å². The van der Waals surface area contributed by atoms with Crippen molar-refractivity contribution in [3.05, 3.63) is 0 Å². The molecule has 1 saturated heterocycles. The number of rotatable bonds is 4. The summed E-state index contributed by atoms with van der Waals surface area (Å²) >= 11 is 0. The Bertz CT molecular complexity index is 295.